The normalized spacial score (nSPS) is 22.8. The highest BCUT2D eigenvalue weighted by Crippen LogP contribution is 2.47. The maximum Gasteiger partial charge on any atom is 0.352 e. The molecule has 0 radical (unpaired) electrons. The summed E-state index contributed by atoms with van der Waals surface area (Å²) in [6.45, 7) is -0.138. The van der Waals surface area contributed by atoms with Crippen LogP contribution in [0.25, 0.3) is 10.4 Å². The van der Waals surface area contributed by atoms with Gasteiger partial charge in [-0.2, -0.15) is 0 Å². The molecule has 4 rings (SSSR count). The number of aromatic nitrogens is 2. The molecule has 2 aliphatic rings. The molecule has 9 nitrogen and oxygen atoms in total. The van der Waals surface area contributed by atoms with Crippen LogP contribution in [-0.2, 0) is 19.4 Å². The average molecular weight is 397 g/mol. The van der Waals surface area contributed by atoms with E-state index in [4.69, 9.17) is 5.11 Å². The van der Waals surface area contributed by atoms with Crippen molar-refractivity contribution in [3.8, 4) is 0 Å². The van der Waals surface area contributed by atoms with Gasteiger partial charge in [0.2, 0.25) is 5.91 Å². The van der Waals surface area contributed by atoms with E-state index in [1.54, 1.807) is 9.78 Å². The quantitative estimate of drug-likeness (QED) is 0.690. The van der Waals surface area contributed by atoms with Crippen molar-refractivity contribution in [1.29, 1.82) is 0 Å². The molecule has 138 valence electrons. The topological polar surface area (TPSA) is 129 Å². The maximum absolute atomic E-state index is 12.3. The molecule has 0 aliphatic carbocycles. The van der Waals surface area contributed by atoms with Crippen molar-refractivity contribution in [3.05, 3.63) is 23.1 Å². The van der Waals surface area contributed by atoms with Crippen LogP contribution in [0.2, 0.25) is 0 Å². The molecule has 2 aliphatic heterocycles. The molecule has 0 aromatic carbocycles. The molecule has 2 atom stereocenters. The molecule has 1 saturated heterocycles. The third-order valence-corrected chi connectivity index (χ3v) is 6.91. The van der Waals surface area contributed by atoms with Gasteiger partial charge in [0.1, 0.15) is 16.9 Å². The van der Waals surface area contributed by atoms with E-state index in [0.717, 1.165) is 17.6 Å². The summed E-state index contributed by atoms with van der Waals surface area (Å²) < 4.78 is 25.2. The summed E-state index contributed by atoms with van der Waals surface area (Å²) in [5, 5.41) is 20.4. The molecular formula is C15H15N3O6S2. The Morgan fingerprint density at radius 3 is 2.81 bits per heavy atom. The SMILES string of the molecule is CS(=O)(=O)c1ncn2c(C3=C(C(=O)O)N4C(=O)[C@@H](CCO)[C@H]4C3)csc12. The number of hydrogen-bond acceptors (Lipinski definition) is 7. The van der Waals surface area contributed by atoms with Gasteiger partial charge in [0.15, 0.2) is 14.9 Å². The number of aliphatic hydroxyl groups is 1. The Morgan fingerprint density at radius 1 is 1.46 bits per heavy atom. The van der Waals surface area contributed by atoms with Crippen LogP contribution in [0.1, 0.15) is 18.5 Å². The second kappa shape index (κ2) is 5.63. The van der Waals surface area contributed by atoms with E-state index >= 15 is 0 Å². The van der Waals surface area contributed by atoms with Gasteiger partial charge in [-0.25, -0.2) is 18.2 Å². The number of aliphatic carboxylic acids is 1. The summed E-state index contributed by atoms with van der Waals surface area (Å²) in [5.74, 6) is -1.90. The van der Waals surface area contributed by atoms with E-state index in [2.05, 4.69) is 4.98 Å². The molecule has 0 unspecified atom stereocenters. The summed E-state index contributed by atoms with van der Waals surface area (Å²) in [7, 11) is -3.51. The first kappa shape index (κ1) is 17.2. The lowest BCUT2D eigenvalue weighted by Crippen LogP contribution is -2.58. The Hall–Kier alpha value is -2.24. The number of carboxylic acids is 1. The van der Waals surface area contributed by atoms with Gasteiger partial charge in [0.25, 0.3) is 0 Å². The van der Waals surface area contributed by atoms with E-state index in [9.17, 15) is 23.1 Å². The summed E-state index contributed by atoms with van der Waals surface area (Å²) in [6.07, 6.45) is 3.06. The van der Waals surface area contributed by atoms with Crippen LogP contribution in [0.15, 0.2) is 22.4 Å². The van der Waals surface area contributed by atoms with Gasteiger partial charge in [0, 0.05) is 23.8 Å². The van der Waals surface area contributed by atoms with Gasteiger partial charge in [-0.1, -0.05) is 0 Å². The summed E-state index contributed by atoms with van der Waals surface area (Å²) >= 11 is 1.16. The number of β-lactam (4-membered cyclic amide) rings is 1. The predicted octanol–water partition coefficient (Wildman–Crippen LogP) is 0.208. The number of hydrogen-bond donors (Lipinski definition) is 2. The second-order valence-corrected chi connectivity index (χ2v) is 9.14. The molecule has 2 aromatic heterocycles. The van der Waals surface area contributed by atoms with Crippen molar-refractivity contribution in [3.63, 3.8) is 0 Å². The zero-order chi connectivity index (χ0) is 18.8. The second-order valence-electron chi connectivity index (χ2n) is 6.35. The molecular weight excluding hydrogens is 382 g/mol. The standard InChI is InChI=1S/C15H15N3O6S2/c1-26(23,24)12-14-17(6-16-12)10(5-25-14)8-4-9-7(2-3-19)13(20)18(9)11(8)15(21)22/h5-7,9,19H,2-4H2,1H3,(H,21,22)/t7-,9+/m0/s1. The molecule has 0 saturated carbocycles. The lowest BCUT2D eigenvalue weighted by Gasteiger charge is -2.43. The maximum atomic E-state index is 12.3. The van der Waals surface area contributed by atoms with Crippen LogP contribution in [0.3, 0.4) is 0 Å². The molecule has 26 heavy (non-hydrogen) atoms. The third kappa shape index (κ3) is 2.24. The lowest BCUT2D eigenvalue weighted by atomic mass is 9.84. The van der Waals surface area contributed by atoms with Crippen LogP contribution in [-0.4, -0.2) is 63.7 Å². The van der Waals surface area contributed by atoms with Gasteiger partial charge in [-0.3, -0.25) is 9.20 Å². The number of rotatable bonds is 5. The minimum absolute atomic E-state index is 0.0540. The van der Waals surface area contributed by atoms with Gasteiger partial charge < -0.3 is 15.1 Å². The summed E-state index contributed by atoms with van der Waals surface area (Å²) in [6, 6.07) is -0.288. The third-order valence-electron chi connectivity index (χ3n) is 4.83. The molecule has 0 bridgehead atoms. The van der Waals surface area contributed by atoms with Gasteiger partial charge >= 0.3 is 5.97 Å². The van der Waals surface area contributed by atoms with Gasteiger partial charge in [-0.15, -0.1) is 11.3 Å². The number of fused-ring (bicyclic) bond motifs is 2. The number of sulfone groups is 1. The molecule has 1 fully saturated rings. The number of thiazole rings is 1. The smallest absolute Gasteiger partial charge is 0.352 e. The highest BCUT2D eigenvalue weighted by Gasteiger charge is 2.55. The van der Waals surface area contributed by atoms with E-state index in [1.165, 1.54) is 11.2 Å². The number of carbonyl (C=O) groups excluding carboxylic acids is 1. The Balaban J connectivity index is 1.83. The fourth-order valence-electron chi connectivity index (χ4n) is 3.72. The summed E-state index contributed by atoms with van der Waals surface area (Å²) in [5.41, 5.74) is 0.915. The zero-order valence-corrected chi connectivity index (χ0v) is 15.2. The van der Waals surface area contributed by atoms with Crippen LogP contribution >= 0.6 is 11.3 Å². The Kier molecular flexibility index (Phi) is 3.72. The molecule has 4 heterocycles. The highest BCUT2D eigenvalue weighted by molar-refractivity contribution is 7.91. The predicted molar refractivity (Wildman–Crippen MR) is 91.2 cm³/mol. The van der Waals surface area contributed by atoms with E-state index in [-0.39, 0.29) is 29.3 Å². The number of aliphatic hydroxyl groups excluding tert-OH is 1. The minimum atomic E-state index is -3.51. The van der Waals surface area contributed by atoms with Crippen molar-refractivity contribution in [2.75, 3.05) is 12.9 Å². The minimum Gasteiger partial charge on any atom is -0.477 e. The zero-order valence-electron chi connectivity index (χ0n) is 13.6. The monoisotopic (exact) mass is 397 g/mol. The van der Waals surface area contributed by atoms with E-state index in [1.807, 2.05) is 0 Å². The number of amides is 1. The highest BCUT2D eigenvalue weighted by atomic mass is 32.2. The summed E-state index contributed by atoms with van der Waals surface area (Å²) in [4.78, 5) is 29.7. The van der Waals surface area contributed by atoms with Crippen LogP contribution < -0.4 is 0 Å². The lowest BCUT2D eigenvalue weighted by molar-refractivity contribution is -0.155. The van der Waals surface area contributed by atoms with Crippen LogP contribution in [0.5, 0.6) is 0 Å². The first-order chi connectivity index (χ1) is 12.3. The van der Waals surface area contributed by atoms with Crippen molar-refractivity contribution < 1.29 is 28.2 Å². The Bertz CT molecular complexity index is 1080. The number of nitrogens with zero attached hydrogens (tertiary/aromatic N) is 3. The fraction of sp³-hybridized carbons (Fsp3) is 0.400. The number of carbonyl (C=O) groups is 2. The van der Waals surface area contributed by atoms with E-state index < -0.39 is 21.7 Å². The fourth-order valence-corrected chi connectivity index (χ4v) is 5.86. The van der Waals surface area contributed by atoms with E-state index in [0.29, 0.717) is 28.9 Å². The molecule has 2 N–H and O–H groups in total. The molecule has 11 heteroatoms. The molecule has 0 spiro atoms. The first-order valence-electron chi connectivity index (χ1n) is 7.81. The van der Waals surface area contributed by atoms with Crippen molar-refractivity contribution >= 4 is 43.5 Å². The molecule has 2 aromatic rings. The Labute approximate surface area is 152 Å². The molecule has 1 amide bonds. The first-order valence-corrected chi connectivity index (χ1v) is 10.6. The number of imidazole rings is 1. The van der Waals surface area contributed by atoms with Crippen molar-refractivity contribution in [2.24, 2.45) is 5.92 Å². The Morgan fingerprint density at radius 2 is 2.19 bits per heavy atom. The van der Waals surface area contributed by atoms with Crippen molar-refractivity contribution in [1.82, 2.24) is 14.3 Å². The number of carboxylic acid groups (broad SMARTS) is 1. The van der Waals surface area contributed by atoms with Gasteiger partial charge in [0.05, 0.1) is 17.7 Å². The van der Waals surface area contributed by atoms with Crippen LogP contribution in [0, 0.1) is 5.92 Å². The largest absolute Gasteiger partial charge is 0.477 e. The van der Waals surface area contributed by atoms with Crippen molar-refractivity contribution in [2.45, 2.75) is 23.9 Å². The average Bonchev–Trinajstić information content (AvgIpc) is 3.22. The van der Waals surface area contributed by atoms with Gasteiger partial charge in [-0.05, 0) is 12.8 Å². The van der Waals surface area contributed by atoms with Crippen LogP contribution in [0.4, 0.5) is 0 Å².